The second kappa shape index (κ2) is 20.6. The van der Waals surface area contributed by atoms with Crippen LogP contribution in [0.25, 0.3) is 0 Å². The Morgan fingerprint density at radius 3 is 2.15 bits per heavy atom. The van der Waals surface area contributed by atoms with Crippen LogP contribution in [-0.2, 0) is 4.79 Å². The van der Waals surface area contributed by atoms with Crippen molar-refractivity contribution in [2.24, 2.45) is 5.73 Å². The maximum Gasteiger partial charge on any atom is 0.303 e. The summed E-state index contributed by atoms with van der Waals surface area (Å²) in [6.07, 6.45) is 17.5. The summed E-state index contributed by atoms with van der Waals surface area (Å²) in [5.74, 6) is 6.95. The molecule has 0 saturated carbocycles. The van der Waals surface area contributed by atoms with Crippen molar-refractivity contribution in [3.63, 3.8) is 0 Å². The van der Waals surface area contributed by atoms with E-state index < -0.39 is 5.97 Å². The van der Waals surface area contributed by atoms with E-state index >= 15 is 0 Å². The van der Waals surface area contributed by atoms with Crippen molar-refractivity contribution in [2.45, 2.75) is 108 Å². The molecule has 3 N–H and O–H groups in total. The molecule has 0 radical (unpaired) electrons. The molecule has 0 bridgehead atoms. The molecule has 0 aliphatic rings. The van der Waals surface area contributed by atoms with E-state index in [1.807, 2.05) is 11.8 Å². The van der Waals surface area contributed by atoms with Crippen molar-refractivity contribution >= 4 is 17.7 Å². The van der Waals surface area contributed by atoms with E-state index in [1.54, 1.807) is 0 Å². The highest BCUT2D eigenvalue weighted by molar-refractivity contribution is 8.00. The molecule has 0 aromatic carbocycles. The minimum absolute atomic E-state index is 0.264. The molecular formula is C22H41NO2S. The molecule has 4 heteroatoms. The standard InChI is InChI=1S/C22H41NO2S/c1-2-3-4-5-6-7-8-9-10-11-12-13-16-21(26-20-19-23)17-14-15-18-22(24)25/h21H,2-12,14-15,17-20,23H2,1H3,(H,24,25). The molecule has 0 aliphatic carbocycles. The van der Waals surface area contributed by atoms with Crippen LogP contribution < -0.4 is 5.73 Å². The van der Waals surface area contributed by atoms with Gasteiger partial charge in [-0.05, 0) is 19.3 Å². The Morgan fingerprint density at radius 1 is 0.962 bits per heavy atom. The lowest BCUT2D eigenvalue weighted by Crippen LogP contribution is -2.07. The number of hydrogen-bond donors (Lipinski definition) is 2. The Labute approximate surface area is 166 Å². The van der Waals surface area contributed by atoms with E-state index in [0.29, 0.717) is 11.8 Å². The number of carboxylic acid groups (broad SMARTS) is 1. The fourth-order valence-electron chi connectivity index (χ4n) is 2.90. The normalized spacial score (nSPS) is 11.8. The van der Waals surface area contributed by atoms with E-state index in [0.717, 1.165) is 31.4 Å². The minimum Gasteiger partial charge on any atom is -0.481 e. The first-order valence-corrected chi connectivity index (χ1v) is 11.8. The SMILES string of the molecule is CCCCCCCCCCCCC#CC(CCCCC(=O)O)SCCN. The molecule has 0 saturated heterocycles. The lowest BCUT2D eigenvalue weighted by molar-refractivity contribution is -0.137. The zero-order valence-corrected chi connectivity index (χ0v) is 17.8. The topological polar surface area (TPSA) is 63.3 Å². The molecular weight excluding hydrogens is 342 g/mol. The number of carboxylic acids is 1. The summed E-state index contributed by atoms with van der Waals surface area (Å²) in [5.41, 5.74) is 5.59. The third kappa shape index (κ3) is 19.7. The summed E-state index contributed by atoms with van der Waals surface area (Å²) in [7, 11) is 0. The zero-order valence-electron chi connectivity index (χ0n) is 16.9. The molecule has 3 nitrogen and oxygen atoms in total. The van der Waals surface area contributed by atoms with Crippen molar-refractivity contribution in [2.75, 3.05) is 12.3 Å². The Kier molecular flexibility index (Phi) is 20.1. The van der Waals surface area contributed by atoms with Gasteiger partial charge in [-0.2, -0.15) is 0 Å². The molecule has 1 unspecified atom stereocenters. The third-order valence-corrected chi connectivity index (χ3v) is 5.69. The maximum atomic E-state index is 10.6. The number of aliphatic carboxylic acids is 1. The van der Waals surface area contributed by atoms with Crippen molar-refractivity contribution in [1.82, 2.24) is 0 Å². The number of hydrogen-bond acceptors (Lipinski definition) is 3. The van der Waals surface area contributed by atoms with Gasteiger partial charge in [0.05, 0.1) is 5.25 Å². The van der Waals surface area contributed by atoms with Gasteiger partial charge in [0.15, 0.2) is 0 Å². The van der Waals surface area contributed by atoms with Crippen LogP contribution >= 0.6 is 11.8 Å². The van der Waals surface area contributed by atoms with Crippen LogP contribution in [-0.4, -0.2) is 28.6 Å². The molecule has 152 valence electrons. The molecule has 0 heterocycles. The van der Waals surface area contributed by atoms with Crippen LogP contribution in [0.4, 0.5) is 0 Å². The van der Waals surface area contributed by atoms with Crippen molar-refractivity contribution < 1.29 is 9.90 Å². The molecule has 0 amide bonds. The molecule has 0 aromatic heterocycles. The van der Waals surface area contributed by atoms with E-state index in [2.05, 4.69) is 18.8 Å². The largest absolute Gasteiger partial charge is 0.481 e. The van der Waals surface area contributed by atoms with Gasteiger partial charge in [0.25, 0.3) is 0 Å². The summed E-state index contributed by atoms with van der Waals surface area (Å²) in [6, 6.07) is 0. The molecule has 0 aromatic rings. The fraction of sp³-hybridized carbons (Fsp3) is 0.864. The Bertz CT molecular complexity index is 376. The zero-order chi connectivity index (χ0) is 19.3. The van der Waals surface area contributed by atoms with Gasteiger partial charge in [0.2, 0.25) is 0 Å². The van der Waals surface area contributed by atoms with E-state index in [4.69, 9.17) is 10.8 Å². The first kappa shape index (κ1) is 25.3. The second-order valence-electron chi connectivity index (χ2n) is 7.04. The van der Waals surface area contributed by atoms with E-state index in [9.17, 15) is 4.79 Å². The summed E-state index contributed by atoms with van der Waals surface area (Å²) in [5, 5.41) is 9.01. The van der Waals surface area contributed by atoms with Gasteiger partial charge in [-0.1, -0.05) is 77.1 Å². The monoisotopic (exact) mass is 383 g/mol. The number of thioether (sulfide) groups is 1. The lowest BCUT2D eigenvalue weighted by atomic mass is 10.1. The Hall–Kier alpha value is -0.660. The van der Waals surface area contributed by atoms with Crippen LogP contribution in [0.15, 0.2) is 0 Å². The fourth-order valence-corrected chi connectivity index (χ4v) is 3.82. The lowest BCUT2D eigenvalue weighted by Gasteiger charge is -2.09. The quantitative estimate of drug-likeness (QED) is 0.225. The average molecular weight is 384 g/mol. The number of rotatable bonds is 18. The summed E-state index contributed by atoms with van der Waals surface area (Å²) in [6.45, 7) is 2.94. The van der Waals surface area contributed by atoms with Crippen LogP contribution in [0.1, 0.15) is 103 Å². The number of unbranched alkanes of at least 4 members (excludes halogenated alkanes) is 11. The predicted octanol–water partition coefficient (Wildman–Crippen LogP) is 6.01. The average Bonchev–Trinajstić information content (AvgIpc) is 2.63. The molecule has 1 atom stereocenters. The first-order valence-electron chi connectivity index (χ1n) is 10.7. The summed E-state index contributed by atoms with van der Waals surface area (Å²) < 4.78 is 0. The van der Waals surface area contributed by atoms with E-state index in [1.165, 1.54) is 64.2 Å². The summed E-state index contributed by atoms with van der Waals surface area (Å²) in [4.78, 5) is 10.6. The maximum absolute atomic E-state index is 10.6. The molecule has 0 fully saturated rings. The first-order chi connectivity index (χ1) is 12.7. The highest BCUT2D eigenvalue weighted by Gasteiger charge is 2.06. The minimum atomic E-state index is -0.705. The Morgan fingerprint density at radius 2 is 1.58 bits per heavy atom. The van der Waals surface area contributed by atoms with Crippen molar-refractivity contribution in [3.05, 3.63) is 0 Å². The second-order valence-corrected chi connectivity index (χ2v) is 8.35. The van der Waals surface area contributed by atoms with Crippen molar-refractivity contribution in [3.8, 4) is 11.8 Å². The number of carbonyl (C=O) groups is 1. The van der Waals surface area contributed by atoms with Gasteiger partial charge >= 0.3 is 5.97 Å². The van der Waals surface area contributed by atoms with E-state index in [-0.39, 0.29) is 6.42 Å². The molecule has 0 rings (SSSR count). The van der Waals surface area contributed by atoms with Gasteiger partial charge in [0.1, 0.15) is 0 Å². The molecule has 0 aliphatic heterocycles. The van der Waals surface area contributed by atoms with Crippen LogP contribution in [0.5, 0.6) is 0 Å². The third-order valence-electron chi connectivity index (χ3n) is 4.46. The van der Waals surface area contributed by atoms with Crippen LogP contribution in [0.3, 0.4) is 0 Å². The van der Waals surface area contributed by atoms with Crippen molar-refractivity contribution in [1.29, 1.82) is 0 Å². The molecule has 26 heavy (non-hydrogen) atoms. The highest BCUT2D eigenvalue weighted by Crippen LogP contribution is 2.17. The summed E-state index contributed by atoms with van der Waals surface area (Å²) >= 11 is 1.82. The van der Waals surface area contributed by atoms with Gasteiger partial charge in [-0.15, -0.1) is 17.7 Å². The highest BCUT2D eigenvalue weighted by atomic mass is 32.2. The van der Waals surface area contributed by atoms with Crippen LogP contribution in [0.2, 0.25) is 0 Å². The smallest absolute Gasteiger partial charge is 0.303 e. The van der Waals surface area contributed by atoms with Gasteiger partial charge in [-0.25, -0.2) is 0 Å². The molecule has 0 spiro atoms. The van der Waals surface area contributed by atoms with Gasteiger partial charge in [0, 0.05) is 25.1 Å². The van der Waals surface area contributed by atoms with Crippen LogP contribution in [0, 0.1) is 11.8 Å². The predicted molar refractivity (Wildman–Crippen MR) is 116 cm³/mol. The van der Waals surface area contributed by atoms with Gasteiger partial charge in [-0.3, -0.25) is 4.79 Å². The Balaban J connectivity index is 3.67. The van der Waals surface area contributed by atoms with Gasteiger partial charge < -0.3 is 10.8 Å². The number of nitrogens with two attached hydrogens (primary N) is 1.